The van der Waals surface area contributed by atoms with Crippen molar-refractivity contribution in [1.29, 1.82) is 0 Å². The van der Waals surface area contributed by atoms with Crippen LogP contribution in [0.15, 0.2) is 18.2 Å². The van der Waals surface area contributed by atoms with Gasteiger partial charge in [-0.1, -0.05) is 73.6 Å². The molecule has 3 rings (SSSR count). The topological polar surface area (TPSA) is 75.7 Å². The second-order valence-electron chi connectivity index (χ2n) is 15.8. The standard InChI is InChI=1S/C36H58N2O4/c1-14-34(11,30(40)38-29(21-39)18-28-20-32(7,8)33(9,10)36(28,38)13)37-35(12,31(41)42-22-23(2)3)19-26(6)27-16-15-24(4)25(5)17-27/h15-17,21,23,26,28-29,37H,14,18-20,22H2,1-13H3/t26?,28-,29+,34+,35+,36-/m1/s1. The maximum absolute atomic E-state index is 14.9. The second-order valence-corrected chi connectivity index (χ2v) is 15.8. The molecular formula is C36H58N2O4. The fourth-order valence-corrected chi connectivity index (χ4v) is 7.85. The molecule has 0 radical (unpaired) electrons. The molecule has 1 aromatic rings. The molecule has 1 saturated carbocycles. The zero-order valence-electron chi connectivity index (χ0n) is 28.7. The lowest BCUT2D eigenvalue weighted by molar-refractivity contribution is -0.159. The Labute approximate surface area is 255 Å². The third kappa shape index (κ3) is 5.69. The van der Waals surface area contributed by atoms with E-state index in [0.29, 0.717) is 25.9 Å². The van der Waals surface area contributed by atoms with Crippen molar-refractivity contribution in [2.24, 2.45) is 22.7 Å². The Hall–Kier alpha value is -2.21. The van der Waals surface area contributed by atoms with Crippen molar-refractivity contribution in [2.75, 3.05) is 6.61 Å². The molecule has 1 aliphatic carbocycles. The number of fused-ring (bicyclic) bond motifs is 1. The molecule has 2 aliphatic rings. The minimum absolute atomic E-state index is 0.00557. The summed E-state index contributed by atoms with van der Waals surface area (Å²) in [7, 11) is 0. The molecule has 0 spiro atoms. The van der Waals surface area contributed by atoms with Gasteiger partial charge in [-0.2, -0.15) is 0 Å². The second kappa shape index (κ2) is 11.7. The number of carbonyl (C=O) groups is 3. The number of benzene rings is 1. The van der Waals surface area contributed by atoms with Crippen molar-refractivity contribution in [3.05, 3.63) is 34.9 Å². The van der Waals surface area contributed by atoms with Crippen LogP contribution in [0.5, 0.6) is 0 Å². The molecule has 0 bridgehead atoms. The van der Waals surface area contributed by atoms with Gasteiger partial charge in [-0.05, 0) is 106 Å². The van der Waals surface area contributed by atoms with Gasteiger partial charge in [-0.3, -0.25) is 14.9 Å². The van der Waals surface area contributed by atoms with Gasteiger partial charge in [0.25, 0.3) is 0 Å². The first-order chi connectivity index (χ1) is 19.2. The van der Waals surface area contributed by atoms with Crippen molar-refractivity contribution >= 4 is 18.2 Å². The predicted octanol–water partition coefficient (Wildman–Crippen LogP) is 7.14. The van der Waals surface area contributed by atoms with E-state index in [2.05, 4.69) is 78.9 Å². The van der Waals surface area contributed by atoms with Crippen molar-refractivity contribution in [1.82, 2.24) is 10.2 Å². The van der Waals surface area contributed by atoms with Gasteiger partial charge in [0, 0.05) is 5.54 Å². The van der Waals surface area contributed by atoms with Crippen LogP contribution in [0.25, 0.3) is 0 Å². The first-order valence-electron chi connectivity index (χ1n) is 16.0. The summed E-state index contributed by atoms with van der Waals surface area (Å²) >= 11 is 0. The molecule has 1 amide bonds. The number of hydrogen-bond acceptors (Lipinski definition) is 5. The molecule has 236 valence electrons. The number of amides is 1. The summed E-state index contributed by atoms with van der Waals surface area (Å²) in [5, 5.41) is 3.59. The average molecular weight is 583 g/mol. The summed E-state index contributed by atoms with van der Waals surface area (Å²) in [6.07, 6.45) is 3.52. The number of aryl methyl sites for hydroxylation is 2. The van der Waals surface area contributed by atoms with E-state index < -0.39 is 22.7 Å². The van der Waals surface area contributed by atoms with Gasteiger partial charge in [-0.25, -0.2) is 0 Å². The Bertz CT molecular complexity index is 1190. The highest BCUT2D eigenvalue weighted by Crippen LogP contribution is 2.66. The van der Waals surface area contributed by atoms with E-state index in [1.165, 1.54) is 11.1 Å². The van der Waals surface area contributed by atoms with Crippen molar-refractivity contribution in [2.45, 2.75) is 144 Å². The zero-order valence-corrected chi connectivity index (χ0v) is 28.7. The summed E-state index contributed by atoms with van der Waals surface area (Å²) in [6, 6.07) is 5.95. The van der Waals surface area contributed by atoms with Crippen molar-refractivity contribution < 1.29 is 19.1 Å². The van der Waals surface area contributed by atoms with Crippen LogP contribution < -0.4 is 5.32 Å². The van der Waals surface area contributed by atoms with Gasteiger partial charge < -0.3 is 14.4 Å². The number of aldehydes is 1. The van der Waals surface area contributed by atoms with Gasteiger partial charge in [0.05, 0.1) is 18.2 Å². The third-order valence-electron chi connectivity index (χ3n) is 11.8. The molecule has 1 heterocycles. The fraction of sp³-hybridized carbons (Fsp3) is 0.750. The number of esters is 1. The molecule has 6 atom stereocenters. The zero-order chi connectivity index (χ0) is 32.1. The molecule has 0 aromatic heterocycles. The molecule has 1 N–H and O–H groups in total. The molecule has 1 unspecified atom stereocenters. The molecule has 42 heavy (non-hydrogen) atoms. The minimum atomic E-state index is -1.13. The van der Waals surface area contributed by atoms with E-state index in [0.717, 1.165) is 18.3 Å². The number of hydrogen-bond donors (Lipinski definition) is 1. The molecule has 1 aromatic carbocycles. The van der Waals surface area contributed by atoms with Gasteiger partial charge in [0.15, 0.2) is 0 Å². The van der Waals surface area contributed by atoms with Gasteiger partial charge in [0.1, 0.15) is 11.8 Å². The smallest absolute Gasteiger partial charge is 0.326 e. The molecule has 1 aliphatic heterocycles. The Kier molecular flexibility index (Phi) is 9.56. The lowest BCUT2D eigenvalue weighted by Gasteiger charge is -2.53. The molecule has 1 saturated heterocycles. The highest BCUT2D eigenvalue weighted by molar-refractivity contribution is 5.91. The molecule has 6 nitrogen and oxygen atoms in total. The van der Waals surface area contributed by atoms with Crippen LogP contribution in [0.3, 0.4) is 0 Å². The van der Waals surface area contributed by atoms with Crippen LogP contribution in [0.1, 0.15) is 124 Å². The number of likely N-dealkylation sites (tertiary alicyclic amines) is 1. The van der Waals surface area contributed by atoms with Crippen molar-refractivity contribution in [3.63, 3.8) is 0 Å². The lowest BCUT2D eigenvalue weighted by atomic mass is 9.63. The maximum Gasteiger partial charge on any atom is 0.326 e. The maximum atomic E-state index is 14.9. The van der Waals surface area contributed by atoms with Gasteiger partial charge in [-0.15, -0.1) is 0 Å². The van der Waals surface area contributed by atoms with Gasteiger partial charge >= 0.3 is 5.97 Å². The fourth-order valence-electron chi connectivity index (χ4n) is 7.85. The van der Waals surface area contributed by atoms with E-state index >= 15 is 0 Å². The Balaban J connectivity index is 2.04. The number of rotatable bonds is 11. The summed E-state index contributed by atoms with van der Waals surface area (Å²) in [6.45, 7) is 27.7. The lowest BCUT2D eigenvalue weighted by Crippen LogP contribution is -2.70. The van der Waals surface area contributed by atoms with E-state index in [-0.39, 0.29) is 40.5 Å². The summed E-state index contributed by atoms with van der Waals surface area (Å²) < 4.78 is 5.85. The Morgan fingerprint density at radius 1 is 1.07 bits per heavy atom. The van der Waals surface area contributed by atoms with E-state index in [9.17, 15) is 14.4 Å². The van der Waals surface area contributed by atoms with E-state index in [1.807, 2.05) is 39.5 Å². The third-order valence-corrected chi connectivity index (χ3v) is 11.8. The summed E-state index contributed by atoms with van der Waals surface area (Å²) in [4.78, 5) is 43.2. The largest absolute Gasteiger partial charge is 0.464 e. The first-order valence-corrected chi connectivity index (χ1v) is 16.0. The highest BCUT2D eigenvalue weighted by atomic mass is 16.5. The van der Waals surface area contributed by atoms with Crippen LogP contribution in [-0.2, 0) is 19.1 Å². The van der Waals surface area contributed by atoms with E-state index in [1.54, 1.807) is 0 Å². The quantitative estimate of drug-likeness (QED) is 0.222. The van der Waals surface area contributed by atoms with Crippen LogP contribution in [0, 0.1) is 36.5 Å². The SMILES string of the molecule is CC[C@](C)(N[C@@](C)(CC(C)c1ccc(C)c(C)c1)C(=O)OCC(C)C)C(=O)N1[C@H](C=O)C[C@@H]2CC(C)(C)C(C)(C)[C@@]21C. The number of nitrogens with zero attached hydrogens (tertiary/aromatic N) is 1. The summed E-state index contributed by atoms with van der Waals surface area (Å²) in [5.74, 6) is 0.00148. The average Bonchev–Trinajstić information content (AvgIpc) is 3.25. The monoisotopic (exact) mass is 582 g/mol. The number of carbonyl (C=O) groups excluding carboxylic acids is 3. The predicted molar refractivity (Wildman–Crippen MR) is 170 cm³/mol. The van der Waals surface area contributed by atoms with Crippen molar-refractivity contribution in [3.8, 4) is 0 Å². The van der Waals surface area contributed by atoms with Crippen LogP contribution in [-0.4, -0.2) is 52.3 Å². The van der Waals surface area contributed by atoms with Crippen LogP contribution in [0.4, 0.5) is 0 Å². The van der Waals surface area contributed by atoms with E-state index in [4.69, 9.17) is 4.74 Å². The highest BCUT2D eigenvalue weighted by Gasteiger charge is 2.69. The van der Waals surface area contributed by atoms with Crippen LogP contribution in [0.2, 0.25) is 0 Å². The van der Waals surface area contributed by atoms with Crippen LogP contribution >= 0.6 is 0 Å². The first kappa shape index (κ1) is 34.3. The minimum Gasteiger partial charge on any atom is -0.464 e. The molecular weight excluding hydrogens is 524 g/mol. The molecule has 6 heteroatoms. The Morgan fingerprint density at radius 2 is 1.69 bits per heavy atom. The number of ether oxygens (including phenoxy) is 1. The number of nitrogens with one attached hydrogen (secondary N) is 1. The molecule has 2 fully saturated rings. The van der Waals surface area contributed by atoms with Gasteiger partial charge in [0.2, 0.25) is 5.91 Å². The normalized spacial score (nSPS) is 28.1. The summed E-state index contributed by atoms with van der Waals surface area (Å²) in [5.41, 5.74) is 0.675. The Morgan fingerprint density at radius 3 is 2.21 bits per heavy atom.